The fraction of sp³-hybridized carbons (Fsp3) is 0.667. The molecule has 3 aliphatic rings. The molecule has 0 unspecified atom stereocenters. The van der Waals surface area contributed by atoms with E-state index < -0.39 is 0 Å². The first-order valence-corrected chi connectivity index (χ1v) is 10.3. The smallest absolute Gasteiger partial charge is 0.236 e. The molecule has 0 aromatic heterocycles. The van der Waals surface area contributed by atoms with Crippen molar-refractivity contribution in [3.8, 4) is 0 Å². The number of rotatable bonds is 4. The number of piperazine rings is 2. The number of carbonyl (C=O) groups excluding carboxylic acids is 1. The van der Waals surface area contributed by atoms with Crippen LogP contribution in [0.2, 0.25) is 0 Å². The first-order valence-electron chi connectivity index (χ1n) is 10.3. The van der Waals surface area contributed by atoms with Crippen LogP contribution in [-0.2, 0) is 4.79 Å². The van der Waals surface area contributed by atoms with Gasteiger partial charge in [-0.2, -0.15) is 0 Å². The summed E-state index contributed by atoms with van der Waals surface area (Å²) in [7, 11) is 0. The van der Waals surface area contributed by atoms with E-state index >= 15 is 0 Å². The second kappa shape index (κ2) is 7.97. The molecule has 1 aromatic rings. The molecule has 0 atom stereocenters. The Balaban J connectivity index is 1.22. The van der Waals surface area contributed by atoms with Gasteiger partial charge in [-0.1, -0.05) is 24.6 Å². The predicted octanol–water partition coefficient (Wildman–Crippen LogP) is 1.81. The highest BCUT2D eigenvalue weighted by Gasteiger charge is 2.30. The van der Waals surface area contributed by atoms with Crippen LogP contribution in [0.5, 0.6) is 0 Å². The monoisotopic (exact) mass is 356 g/mol. The molecule has 1 aliphatic carbocycles. The highest BCUT2D eigenvalue weighted by Crippen LogP contribution is 2.25. The Labute approximate surface area is 157 Å². The van der Waals surface area contributed by atoms with Crippen molar-refractivity contribution >= 4 is 11.6 Å². The van der Waals surface area contributed by atoms with Gasteiger partial charge in [-0.05, 0) is 31.4 Å². The van der Waals surface area contributed by atoms with Gasteiger partial charge in [0.25, 0.3) is 0 Å². The molecule has 1 amide bonds. The maximum Gasteiger partial charge on any atom is 0.236 e. The molecule has 0 spiro atoms. The van der Waals surface area contributed by atoms with Gasteiger partial charge in [0, 0.05) is 64.1 Å². The van der Waals surface area contributed by atoms with Crippen molar-refractivity contribution in [3.05, 3.63) is 29.8 Å². The van der Waals surface area contributed by atoms with Crippen LogP contribution < -0.4 is 4.90 Å². The van der Waals surface area contributed by atoms with Crippen LogP contribution in [0, 0.1) is 6.92 Å². The minimum absolute atomic E-state index is 0.322. The van der Waals surface area contributed by atoms with E-state index in [9.17, 15) is 4.79 Å². The minimum atomic E-state index is 0.322. The molecule has 5 heteroatoms. The average Bonchev–Trinajstić information content (AvgIpc) is 2.62. The Hall–Kier alpha value is -1.59. The normalized spacial score (nSPS) is 23.1. The van der Waals surface area contributed by atoms with Crippen LogP contribution in [0.3, 0.4) is 0 Å². The number of para-hydroxylation sites is 1. The van der Waals surface area contributed by atoms with Gasteiger partial charge in [0.15, 0.2) is 0 Å². The van der Waals surface area contributed by atoms with E-state index in [1.807, 2.05) is 0 Å². The third-order valence-electron chi connectivity index (χ3n) is 6.45. The molecule has 2 heterocycles. The zero-order valence-corrected chi connectivity index (χ0v) is 16.1. The van der Waals surface area contributed by atoms with Crippen molar-refractivity contribution in [1.82, 2.24) is 14.7 Å². The Kier molecular flexibility index (Phi) is 5.46. The van der Waals surface area contributed by atoms with Crippen LogP contribution in [-0.4, -0.2) is 85.6 Å². The lowest BCUT2D eigenvalue weighted by molar-refractivity contribution is -0.134. The van der Waals surface area contributed by atoms with Gasteiger partial charge in [0.2, 0.25) is 5.91 Å². The van der Waals surface area contributed by atoms with Crippen molar-refractivity contribution in [1.29, 1.82) is 0 Å². The predicted molar refractivity (Wildman–Crippen MR) is 106 cm³/mol. The van der Waals surface area contributed by atoms with Crippen molar-refractivity contribution in [2.24, 2.45) is 0 Å². The van der Waals surface area contributed by atoms with Gasteiger partial charge < -0.3 is 9.80 Å². The minimum Gasteiger partial charge on any atom is -0.369 e. The highest BCUT2D eigenvalue weighted by atomic mass is 16.2. The van der Waals surface area contributed by atoms with Gasteiger partial charge in [-0.3, -0.25) is 14.6 Å². The lowest BCUT2D eigenvalue weighted by atomic mass is 9.91. The molecule has 2 aliphatic heterocycles. The number of benzene rings is 1. The van der Waals surface area contributed by atoms with E-state index in [1.54, 1.807) is 0 Å². The lowest BCUT2D eigenvalue weighted by Crippen LogP contribution is -2.56. The molecule has 0 bridgehead atoms. The van der Waals surface area contributed by atoms with E-state index in [1.165, 1.54) is 30.5 Å². The molecule has 1 aromatic carbocycles. The van der Waals surface area contributed by atoms with E-state index in [0.717, 1.165) is 58.4 Å². The van der Waals surface area contributed by atoms with Crippen LogP contribution >= 0.6 is 0 Å². The summed E-state index contributed by atoms with van der Waals surface area (Å²) in [6, 6.07) is 9.40. The van der Waals surface area contributed by atoms with Gasteiger partial charge in [-0.15, -0.1) is 0 Å². The number of carbonyl (C=O) groups is 1. The fourth-order valence-electron chi connectivity index (χ4n) is 4.44. The number of hydrogen-bond acceptors (Lipinski definition) is 4. The largest absolute Gasteiger partial charge is 0.369 e. The summed E-state index contributed by atoms with van der Waals surface area (Å²) in [6.07, 6.45) is 4.11. The first kappa shape index (κ1) is 17.8. The van der Waals surface area contributed by atoms with Crippen LogP contribution in [0.1, 0.15) is 24.8 Å². The maximum absolute atomic E-state index is 12.7. The van der Waals surface area contributed by atoms with Gasteiger partial charge in [0.1, 0.15) is 0 Å². The summed E-state index contributed by atoms with van der Waals surface area (Å²) in [5.41, 5.74) is 2.67. The number of aryl methyl sites for hydroxylation is 1. The molecule has 5 nitrogen and oxygen atoms in total. The van der Waals surface area contributed by atoms with E-state index in [4.69, 9.17) is 0 Å². The maximum atomic E-state index is 12.7. The Morgan fingerprint density at radius 1 is 0.962 bits per heavy atom. The highest BCUT2D eigenvalue weighted by molar-refractivity contribution is 5.78. The fourth-order valence-corrected chi connectivity index (χ4v) is 4.44. The molecule has 4 rings (SSSR count). The van der Waals surface area contributed by atoms with Gasteiger partial charge in [0.05, 0.1) is 6.54 Å². The molecular weight excluding hydrogens is 324 g/mol. The topological polar surface area (TPSA) is 30.0 Å². The van der Waals surface area contributed by atoms with Crippen molar-refractivity contribution in [3.63, 3.8) is 0 Å². The van der Waals surface area contributed by atoms with Crippen LogP contribution in [0.4, 0.5) is 5.69 Å². The summed E-state index contributed by atoms with van der Waals surface area (Å²) in [5, 5.41) is 0. The van der Waals surface area contributed by atoms with Crippen molar-refractivity contribution < 1.29 is 4.79 Å². The zero-order valence-electron chi connectivity index (χ0n) is 16.1. The van der Waals surface area contributed by atoms with Gasteiger partial charge >= 0.3 is 0 Å². The summed E-state index contributed by atoms with van der Waals surface area (Å²) < 4.78 is 0. The average molecular weight is 357 g/mol. The SMILES string of the molecule is Cc1ccccc1N1CCN(CC(=O)N2CCN(C3CCC3)CC2)CC1. The van der Waals surface area contributed by atoms with E-state index in [2.05, 4.69) is 50.8 Å². The number of anilines is 1. The Bertz CT molecular complexity index is 614. The quantitative estimate of drug-likeness (QED) is 0.823. The molecule has 26 heavy (non-hydrogen) atoms. The standard InChI is InChI=1S/C21H32N4O/c1-18-5-2-3-8-20(18)24-11-9-22(10-12-24)17-21(26)25-15-13-23(14-16-25)19-6-4-7-19/h2-3,5,8,19H,4,6-7,9-17H2,1H3. The summed E-state index contributed by atoms with van der Waals surface area (Å²) in [4.78, 5) is 22.1. The van der Waals surface area contributed by atoms with Crippen LogP contribution in [0.25, 0.3) is 0 Å². The lowest BCUT2D eigenvalue weighted by Gasteiger charge is -2.43. The molecule has 2 saturated heterocycles. The van der Waals surface area contributed by atoms with Crippen molar-refractivity contribution in [2.75, 3.05) is 63.8 Å². The van der Waals surface area contributed by atoms with E-state index in [0.29, 0.717) is 12.5 Å². The summed E-state index contributed by atoms with van der Waals surface area (Å²) in [6.45, 7) is 10.7. The molecule has 0 radical (unpaired) electrons. The molecular formula is C21H32N4O. The molecule has 142 valence electrons. The Morgan fingerprint density at radius 2 is 1.65 bits per heavy atom. The molecule has 0 N–H and O–H groups in total. The van der Waals surface area contributed by atoms with Gasteiger partial charge in [-0.25, -0.2) is 0 Å². The Morgan fingerprint density at radius 3 is 2.27 bits per heavy atom. The molecule has 1 saturated carbocycles. The third-order valence-corrected chi connectivity index (χ3v) is 6.45. The van der Waals surface area contributed by atoms with Crippen LogP contribution in [0.15, 0.2) is 24.3 Å². The second-order valence-electron chi connectivity index (χ2n) is 8.05. The zero-order chi connectivity index (χ0) is 17.9. The second-order valence-corrected chi connectivity index (χ2v) is 8.05. The number of nitrogens with zero attached hydrogens (tertiary/aromatic N) is 4. The van der Waals surface area contributed by atoms with E-state index in [-0.39, 0.29) is 0 Å². The molecule has 3 fully saturated rings. The summed E-state index contributed by atoms with van der Waals surface area (Å²) in [5.74, 6) is 0.322. The number of amides is 1. The first-order chi connectivity index (χ1) is 12.7. The number of hydrogen-bond donors (Lipinski definition) is 0. The third kappa shape index (κ3) is 3.89. The summed E-state index contributed by atoms with van der Waals surface area (Å²) >= 11 is 0. The van der Waals surface area contributed by atoms with Crippen molar-refractivity contribution in [2.45, 2.75) is 32.2 Å².